The van der Waals surface area contributed by atoms with E-state index in [0.29, 0.717) is 33.4 Å². The fourth-order valence-electron chi connectivity index (χ4n) is 2.79. The number of hydrogen-bond donors (Lipinski definition) is 1. The predicted molar refractivity (Wildman–Crippen MR) is 116 cm³/mol. The maximum atomic E-state index is 13.1. The molecule has 146 valence electrons. The van der Waals surface area contributed by atoms with Crippen LogP contribution in [0.2, 0.25) is 0 Å². The lowest BCUT2D eigenvalue weighted by molar-refractivity contribution is 0.419. The van der Waals surface area contributed by atoms with Crippen molar-refractivity contribution in [3.05, 3.63) is 87.7 Å². The summed E-state index contributed by atoms with van der Waals surface area (Å²) in [7, 11) is 0. The van der Waals surface area contributed by atoms with E-state index in [1.165, 1.54) is 29.2 Å². The summed E-state index contributed by atoms with van der Waals surface area (Å²) in [5.41, 5.74) is 1.03. The molecule has 29 heavy (non-hydrogen) atoms. The minimum atomic E-state index is -0.510. The fourth-order valence-corrected chi connectivity index (χ4v) is 4.74. The number of rotatable bonds is 6. The number of aromatic hydroxyl groups is 1. The molecule has 1 aromatic carbocycles. The van der Waals surface area contributed by atoms with Crippen molar-refractivity contribution in [1.82, 2.24) is 9.55 Å². The standard InChI is InChI=1S/C21H16N2O4S2/c1-2-8-23-20(26)19-15(10-18(29-19)13-6-4-3-5-7-13)22-21(23)28-12-14-9-16(24)17(25)11-27-14/h2-7,9-11,25H,1,8,12H2. The molecule has 0 aliphatic carbocycles. The molecule has 0 aliphatic rings. The van der Waals surface area contributed by atoms with Crippen LogP contribution in [0.15, 0.2) is 80.5 Å². The van der Waals surface area contributed by atoms with E-state index >= 15 is 0 Å². The largest absolute Gasteiger partial charge is 0.502 e. The third-order valence-corrected chi connectivity index (χ3v) is 6.34. The van der Waals surface area contributed by atoms with Crippen LogP contribution in [-0.4, -0.2) is 14.7 Å². The van der Waals surface area contributed by atoms with Crippen LogP contribution in [0.4, 0.5) is 0 Å². The van der Waals surface area contributed by atoms with Crippen molar-refractivity contribution in [2.45, 2.75) is 17.5 Å². The van der Waals surface area contributed by atoms with Gasteiger partial charge in [-0.15, -0.1) is 17.9 Å². The molecule has 6 nitrogen and oxygen atoms in total. The molecule has 0 saturated heterocycles. The maximum absolute atomic E-state index is 13.1. The lowest BCUT2D eigenvalue weighted by Gasteiger charge is -2.09. The van der Waals surface area contributed by atoms with E-state index in [4.69, 9.17) is 4.42 Å². The average molecular weight is 425 g/mol. The Morgan fingerprint density at radius 3 is 2.76 bits per heavy atom. The molecule has 0 bridgehead atoms. The van der Waals surface area contributed by atoms with Gasteiger partial charge in [-0.1, -0.05) is 48.2 Å². The van der Waals surface area contributed by atoms with Crippen LogP contribution in [0.3, 0.4) is 0 Å². The maximum Gasteiger partial charge on any atom is 0.272 e. The lowest BCUT2D eigenvalue weighted by Crippen LogP contribution is -2.21. The molecule has 3 aromatic heterocycles. The van der Waals surface area contributed by atoms with Gasteiger partial charge >= 0.3 is 0 Å². The quantitative estimate of drug-likeness (QED) is 0.283. The monoisotopic (exact) mass is 424 g/mol. The second kappa shape index (κ2) is 8.10. The molecule has 1 N–H and O–H groups in total. The van der Waals surface area contributed by atoms with E-state index in [1.54, 1.807) is 10.6 Å². The number of nitrogens with zero attached hydrogens (tertiary/aromatic N) is 2. The van der Waals surface area contributed by atoms with E-state index < -0.39 is 11.2 Å². The van der Waals surface area contributed by atoms with Gasteiger partial charge in [-0.25, -0.2) is 4.98 Å². The van der Waals surface area contributed by atoms with Crippen molar-refractivity contribution >= 4 is 33.3 Å². The van der Waals surface area contributed by atoms with E-state index in [0.717, 1.165) is 16.7 Å². The number of benzene rings is 1. The molecule has 0 saturated carbocycles. The SMILES string of the molecule is C=CCn1c(SCc2cc(=O)c(O)co2)nc2cc(-c3ccccc3)sc2c1=O. The van der Waals surface area contributed by atoms with Crippen LogP contribution in [0.25, 0.3) is 20.7 Å². The zero-order valence-corrected chi connectivity index (χ0v) is 16.8. The third kappa shape index (κ3) is 3.90. The van der Waals surface area contributed by atoms with Gasteiger partial charge in [0.05, 0.1) is 11.3 Å². The average Bonchev–Trinajstić information content (AvgIpc) is 3.16. The highest BCUT2D eigenvalue weighted by molar-refractivity contribution is 7.98. The van der Waals surface area contributed by atoms with Gasteiger partial charge in [0.25, 0.3) is 5.56 Å². The third-order valence-electron chi connectivity index (χ3n) is 4.18. The van der Waals surface area contributed by atoms with Crippen molar-refractivity contribution in [1.29, 1.82) is 0 Å². The summed E-state index contributed by atoms with van der Waals surface area (Å²) in [5, 5.41) is 9.82. The molecule has 8 heteroatoms. The summed E-state index contributed by atoms with van der Waals surface area (Å²) in [5.74, 6) is 0.237. The number of thiophene rings is 1. The first-order valence-corrected chi connectivity index (χ1v) is 10.5. The summed E-state index contributed by atoms with van der Waals surface area (Å²) >= 11 is 2.70. The molecule has 4 aromatic rings. The first-order chi connectivity index (χ1) is 14.1. The topological polar surface area (TPSA) is 85.3 Å². The Morgan fingerprint density at radius 1 is 1.24 bits per heavy atom. The second-order valence-corrected chi connectivity index (χ2v) is 8.17. The summed E-state index contributed by atoms with van der Waals surface area (Å²) in [6.45, 7) is 4.05. The van der Waals surface area contributed by atoms with Gasteiger partial charge in [-0.2, -0.15) is 0 Å². The molecule has 0 aliphatic heterocycles. The van der Waals surface area contributed by atoms with Crippen LogP contribution in [-0.2, 0) is 12.3 Å². The van der Waals surface area contributed by atoms with Crippen LogP contribution in [0, 0.1) is 0 Å². The minimum absolute atomic E-state index is 0.128. The highest BCUT2D eigenvalue weighted by atomic mass is 32.2. The Kier molecular flexibility index (Phi) is 5.37. The highest BCUT2D eigenvalue weighted by Crippen LogP contribution is 2.32. The summed E-state index contributed by atoms with van der Waals surface area (Å²) in [4.78, 5) is 30.3. The summed E-state index contributed by atoms with van der Waals surface area (Å²) in [6.07, 6.45) is 2.65. The number of thioether (sulfide) groups is 1. The Balaban J connectivity index is 1.74. The zero-order chi connectivity index (χ0) is 20.4. The fraction of sp³-hybridized carbons (Fsp3) is 0.0952. The first-order valence-electron chi connectivity index (χ1n) is 8.71. The van der Waals surface area contributed by atoms with Gasteiger partial charge in [-0.05, 0) is 11.6 Å². The van der Waals surface area contributed by atoms with Crippen molar-refractivity contribution in [3.8, 4) is 16.2 Å². The van der Waals surface area contributed by atoms with Gasteiger partial charge in [0, 0.05) is 17.5 Å². The molecule has 0 unspecified atom stereocenters. The van der Waals surface area contributed by atoms with Crippen molar-refractivity contribution in [3.63, 3.8) is 0 Å². The molecule has 0 atom stereocenters. The van der Waals surface area contributed by atoms with Crippen LogP contribution >= 0.6 is 23.1 Å². The Bertz CT molecular complexity index is 1310. The highest BCUT2D eigenvalue weighted by Gasteiger charge is 2.15. The van der Waals surface area contributed by atoms with Crippen LogP contribution < -0.4 is 11.0 Å². The van der Waals surface area contributed by atoms with Gasteiger partial charge < -0.3 is 9.52 Å². The summed E-state index contributed by atoms with van der Waals surface area (Å²) in [6, 6.07) is 13.0. The Labute approximate surface area is 173 Å². The number of fused-ring (bicyclic) bond motifs is 1. The van der Waals surface area contributed by atoms with Gasteiger partial charge in [0.2, 0.25) is 5.43 Å². The molecule has 0 amide bonds. The molecule has 3 heterocycles. The van der Waals surface area contributed by atoms with E-state index in [2.05, 4.69) is 11.6 Å². The van der Waals surface area contributed by atoms with Gasteiger partial charge in [-0.3, -0.25) is 14.2 Å². The molecule has 0 radical (unpaired) electrons. The van der Waals surface area contributed by atoms with E-state index in [-0.39, 0.29) is 5.56 Å². The molecular weight excluding hydrogens is 408 g/mol. The molecule has 4 rings (SSSR count). The number of aromatic nitrogens is 2. The van der Waals surface area contributed by atoms with Crippen molar-refractivity contribution < 1.29 is 9.52 Å². The van der Waals surface area contributed by atoms with Crippen molar-refractivity contribution in [2.24, 2.45) is 0 Å². The zero-order valence-electron chi connectivity index (χ0n) is 15.2. The predicted octanol–water partition coefficient (Wildman–Crippen LogP) is 4.26. The van der Waals surface area contributed by atoms with Gasteiger partial charge in [0.15, 0.2) is 10.9 Å². The number of allylic oxidation sites excluding steroid dienone is 1. The van der Waals surface area contributed by atoms with Crippen molar-refractivity contribution in [2.75, 3.05) is 0 Å². The first kappa shape index (κ1) is 19.2. The van der Waals surface area contributed by atoms with E-state index in [1.807, 2.05) is 36.4 Å². The Hall–Kier alpha value is -3.10. The van der Waals surface area contributed by atoms with Crippen LogP contribution in [0.5, 0.6) is 5.75 Å². The number of hydrogen-bond acceptors (Lipinski definition) is 7. The molecule has 0 fully saturated rings. The Morgan fingerprint density at radius 2 is 2.03 bits per heavy atom. The molecular formula is C21H16N2O4S2. The summed E-state index contributed by atoms with van der Waals surface area (Å²) < 4.78 is 7.38. The normalized spacial score (nSPS) is 11.0. The van der Waals surface area contributed by atoms with Gasteiger partial charge in [0.1, 0.15) is 16.7 Å². The second-order valence-electron chi connectivity index (χ2n) is 6.17. The van der Waals surface area contributed by atoms with E-state index in [9.17, 15) is 14.7 Å². The minimum Gasteiger partial charge on any atom is -0.502 e. The molecule has 0 spiro atoms. The van der Waals surface area contributed by atoms with Crippen LogP contribution in [0.1, 0.15) is 5.76 Å². The lowest BCUT2D eigenvalue weighted by atomic mass is 10.2. The smallest absolute Gasteiger partial charge is 0.272 e.